The van der Waals surface area contributed by atoms with Crippen molar-refractivity contribution in [1.82, 2.24) is 0 Å². The summed E-state index contributed by atoms with van der Waals surface area (Å²) in [5, 5.41) is 9.32. The summed E-state index contributed by atoms with van der Waals surface area (Å²) < 4.78 is 0. The Morgan fingerprint density at radius 1 is 1.27 bits per heavy atom. The van der Waals surface area contributed by atoms with Gasteiger partial charge in [-0.3, -0.25) is 0 Å². The molecule has 0 aliphatic carbocycles. The van der Waals surface area contributed by atoms with Crippen LogP contribution < -0.4 is 0 Å². The minimum absolute atomic E-state index is 0.291. The second kappa shape index (κ2) is 7.20. The lowest BCUT2D eigenvalue weighted by Gasteiger charge is -2.09. The van der Waals surface area contributed by atoms with Gasteiger partial charge in [-0.2, -0.15) is 11.8 Å². The summed E-state index contributed by atoms with van der Waals surface area (Å²) in [6.07, 6.45) is 2.97. The summed E-state index contributed by atoms with van der Waals surface area (Å²) in [4.78, 5) is 1.31. The minimum atomic E-state index is 0.291. The minimum Gasteiger partial charge on any atom is -0.396 e. The molecule has 0 fully saturated rings. The lowest BCUT2D eigenvalue weighted by Crippen LogP contribution is -1.99. The number of hydrogen-bond donors (Lipinski definition) is 1. The van der Waals surface area contributed by atoms with Crippen LogP contribution in [0.4, 0.5) is 0 Å². The smallest absolute Gasteiger partial charge is 0.0441 e. The van der Waals surface area contributed by atoms with E-state index in [9.17, 15) is 0 Å². The molecule has 0 aromatic heterocycles. The van der Waals surface area contributed by atoms with E-state index in [-0.39, 0.29) is 0 Å². The van der Waals surface area contributed by atoms with Crippen LogP contribution in [0.3, 0.4) is 0 Å². The van der Waals surface area contributed by atoms with Crippen molar-refractivity contribution in [1.29, 1.82) is 0 Å². The third-order valence-electron chi connectivity index (χ3n) is 2.23. The third-order valence-corrected chi connectivity index (χ3v) is 4.28. The van der Waals surface area contributed by atoms with Crippen molar-refractivity contribution in [3.05, 3.63) is 29.8 Å². The molecule has 1 aromatic rings. The van der Waals surface area contributed by atoms with Gasteiger partial charge in [0.1, 0.15) is 0 Å². The largest absolute Gasteiger partial charge is 0.396 e. The Hall–Kier alpha value is -0.120. The number of aliphatic hydroxyl groups excluding tert-OH is 1. The van der Waals surface area contributed by atoms with Crippen molar-refractivity contribution in [2.45, 2.75) is 29.2 Å². The Morgan fingerprint density at radius 2 is 1.93 bits per heavy atom. The fraction of sp³-hybridized carbons (Fsp3) is 0.500. The molecule has 0 saturated heterocycles. The summed E-state index contributed by atoms with van der Waals surface area (Å²) in [6, 6.07) is 8.70. The van der Waals surface area contributed by atoms with Gasteiger partial charge in [-0.05, 0) is 30.4 Å². The molecule has 3 heteroatoms. The van der Waals surface area contributed by atoms with Crippen LogP contribution in [0.1, 0.15) is 18.9 Å². The summed E-state index contributed by atoms with van der Waals surface area (Å²) in [5.41, 5.74) is 1.36. The second-order valence-electron chi connectivity index (χ2n) is 3.48. The monoisotopic (exact) mass is 242 g/mol. The highest BCUT2D eigenvalue weighted by atomic mass is 32.2. The first-order valence-electron chi connectivity index (χ1n) is 5.11. The molecular formula is C12H18OS2. The molecule has 0 amide bonds. The van der Waals surface area contributed by atoms with Crippen LogP contribution in [0.2, 0.25) is 0 Å². The van der Waals surface area contributed by atoms with Gasteiger partial charge in [0.25, 0.3) is 0 Å². The molecular weight excluding hydrogens is 224 g/mol. The Morgan fingerprint density at radius 3 is 2.47 bits per heavy atom. The normalized spacial score (nSPS) is 12.7. The fourth-order valence-electron chi connectivity index (χ4n) is 1.23. The SMILES string of the molecule is CSc1ccc(CSC(C)CCO)cc1. The number of hydrogen-bond acceptors (Lipinski definition) is 3. The summed E-state index contributed by atoms with van der Waals surface area (Å²) in [5.74, 6) is 1.04. The molecule has 0 heterocycles. The second-order valence-corrected chi connectivity index (χ2v) is 5.79. The van der Waals surface area contributed by atoms with E-state index in [2.05, 4.69) is 37.4 Å². The maximum atomic E-state index is 8.79. The van der Waals surface area contributed by atoms with Gasteiger partial charge < -0.3 is 5.11 Å². The predicted molar refractivity (Wildman–Crippen MR) is 70.7 cm³/mol. The topological polar surface area (TPSA) is 20.2 Å². The molecule has 0 aliphatic heterocycles. The van der Waals surface area contributed by atoms with Crippen molar-refractivity contribution < 1.29 is 5.11 Å². The van der Waals surface area contributed by atoms with Crippen LogP contribution in [0.25, 0.3) is 0 Å². The zero-order valence-corrected chi connectivity index (χ0v) is 10.9. The van der Waals surface area contributed by atoms with Gasteiger partial charge in [0.05, 0.1) is 0 Å². The molecule has 1 aromatic carbocycles. The first-order chi connectivity index (χ1) is 7.26. The standard InChI is InChI=1S/C12H18OS2/c1-10(7-8-13)15-9-11-3-5-12(14-2)6-4-11/h3-6,10,13H,7-9H2,1-2H3. The molecule has 1 rings (SSSR count). The first-order valence-corrected chi connectivity index (χ1v) is 7.39. The van der Waals surface area contributed by atoms with Gasteiger partial charge in [-0.1, -0.05) is 19.1 Å². The maximum absolute atomic E-state index is 8.79. The van der Waals surface area contributed by atoms with E-state index in [1.54, 1.807) is 11.8 Å². The van der Waals surface area contributed by atoms with E-state index in [1.165, 1.54) is 10.5 Å². The summed E-state index contributed by atoms with van der Waals surface area (Å²) >= 11 is 3.67. The Balaban J connectivity index is 2.37. The zero-order chi connectivity index (χ0) is 11.1. The summed E-state index contributed by atoms with van der Waals surface area (Å²) in [7, 11) is 0. The molecule has 15 heavy (non-hydrogen) atoms. The van der Waals surface area contributed by atoms with E-state index in [4.69, 9.17) is 5.11 Å². The van der Waals surface area contributed by atoms with E-state index in [0.29, 0.717) is 11.9 Å². The molecule has 1 nitrogen and oxygen atoms in total. The number of benzene rings is 1. The van der Waals surface area contributed by atoms with Crippen LogP contribution in [0.5, 0.6) is 0 Å². The van der Waals surface area contributed by atoms with E-state index < -0.39 is 0 Å². The van der Waals surface area contributed by atoms with Gasteiger partial charge >= 0.3 is 0 Å². The highest BCUT2D eigenvalue weighted by Gasteiger charge is 2.02. The molecule has 0 bridgehead atoms. The lowest BCUT2D eigenvalue weighted by atomic mass is 10.2. The quantitative estimate of drug-likeness (QED) is 0.772. The molecule has 0 radical (unpaired) electrons. The average molecular weight is 242 g/mol. The molecule has 0 saturated carbocycles. The van der Waals surface area contributed by atoms with Gasteiger partial charge in [-0.15, -0.1) is 11.8 Å². The predicted octanol–water partition coefficient (Wildman–Crippen LogP) is 3.41. The van der Waals surface area contributed by atoms with Crippen LogP contribution in [-0.2, 0) is 5.75 Å². The zero-order valence-electron chi connectivity index (χ0n) is 9.27. The van der Waals surface area contributed by atoms with Gasteiger partial charge in [0.15, 0.2) is 0 Å². The molecule has 1 N–H and O–H groups in total. The molecule has 84 valence electrons. The third kappa shape index (κ3) is 4.96. The Labute approximate surface area is 101 Å². The average Bonchev–Trinajstić information content (AvgIpc) is 2.27. The van der Waals surface area contributed by atoms with Crippen molar-refractivity contribution >= 4 is 23.5 Å². The molecule has 1 unspecified atom stereocenters. The highest BCUT2D eigenvalue weighted by Crippen LogP contribution is 2.21. The van der Waals surface area contributed by atoms with Gasteiger partial charge in [0.2, 0.25) is 0 Å². The van der Waals surface area contributed by atoms with E-state index in [0.717, 1.165) is 12.2 Å². The van der Waals surface area contributed by atoms with Crippen LogP contribution in [0, 0.1) is 0 Å². The van der Waals surface area contributed by atoms with Crippen molar-refractivity contribution in [3.63, 3.8) is 0 Å². The van der Waals surface area contributed by atoms with E-state index in [1.807, 2.05) is 11.8 Å². The number of aliphatic hydroxyl groups is 1. The lowest BCUT2D eigenvalue weighted by molar-refractivity contribution is 0.289. The maximum Gasteiger partial charge on any atom is 0.0441 e. The fourth-order valence-corrected chi connectivity index (χ4v) is 2.58. The van der Waals surface area contributed by atoms with E-state index >= 15 is 0 Å². The van der Waals surface area contributed by atoms with Crippen LogP contribution >= 0.6 is 23.5 Å². The molecule has 1 atom stereocenters. The molecule has 0 spiro atoms. The van der Waals surface area contributed by atoms with Crippen molar-refractivity contribution in [2.75, 3.05) is 12.9 Å². The van der Waals surface area contributed by atoms with Crippen LogP contribution in [0.15, 0.2) is 29.2 Å². The van der Waals surface area contributed by atoms with Crippen molar-refractivity contribution in [2.24, 2.45) is 0 Å². The van der Waals surface area contributed by atoms with Crippen molar-refractivity contribution in [3.8, 4) is 0 Å². The number of rotatable bonds is 6. The summed E-state index contributed by atoms with van der Waals surface area (Å²) in [6.45, 7) is 2.46. The Bertz CT molecular complexity index is 271. The van der Waals surface area contributed by atoms with Gasteiger partial charge in [0, 0.05) is 22.5 Å². The highest BCUT2D eigenvalue weighted by molar-refractivity contribution is 7.99. The number of thioether (sulfide) groups is 2. The Kier molecular flexibility index (Phi) is 6.22. The van der Waals surface area contributed by atoms with Crippen LogP contribution in [-0.4, -0.2) is 23.2 Å². The first kappa shape index (κ1) is 12.9. The molecule has 0 aliphatic rings. The van der Waals surface area contributed by atoms with Gasteiger partial charge in [-0.25, -0.2) is 0 Å².